The normalized spacial score (nSPS) is 14.8. The van der Waals surface area contributed by atoms with Crippen LogP contribution in [0.15, 0.2) is 126 Å². The molecule has 0 aliphatic carbocycles. The molecule has 10 aromatic carbocycles. The van der Waals surface area contributed by atoms with Gasteiger partial charge in [-0.15, -0.1) is 47.0 Å². The summed E-state index contributed by atoms with van der Waals surface area (Å²) in [5.74, 6) is 4.25. The molecule has 68 heavy (non-hydrogen) atoms. The van der Waals surface area contributed by atoms with Crippen molar-refractivity contribution in [1.29, 1.82) is 0 Å². The molecule has 0 atom stereocenters. The molecule has 10 aromatic rings. The smallest absolute Gasteiger partial charge is 0.0660 e. The number of rotatable bonds is 10. The molecule has 338 valence electrons. The van der Waals surface area contributed by atoms with Gasteiger partial charge in [0.15, 0.2) is 0 Å². The predicted molar refractivity (Wildman–Crippen MR) is 324 cm³/mol. The molecular weight excluding hydrogens is 977 g/mol. The molecule has 2 aliphatic rings. The number of hydrogen-bond donors (Lipinski definition) is 0. The molecule has 0 fully saturated rings. The van der Waals surface area contributed by atoms with Crippen LogP contribution in [0.3, 0.4) is 0 Å². The van der Waals surface area contributed by atoms with Gasteiger partial charge in [-0.3, -0.25) is 0 Å². The van der Waals surface area contributed by atoms with Crippen molar-refractivity contribution in [1.82, 2.24) is 0 Å². The number of hydrogen-bond acceptors (Lipinski definition) is 8. The highest BCUT2D eigenvalue weighted by Crippen LogP contribution is 2.60. The number of aryl methyl sites for hydroxylation is 4. The van der Waals surface area contributed by atoms with Crippen LogP contribution in [-0.2, 0) is 0 Å². The van der Waals surface area contributed by atoms with E-state index in [1.54, 1.807) is 0 Å². The zero-order valence-electron chi connectivity index (χ0n) is 39.5. The first-order valence-corrected chi connectivity index (χ1v) is 30.8. The highest BCUT2D eigenvalue weighted by Gasteiger charge is 2.30. The summed E-state index contributed by atoms with van der Waals surface area (Å²) in [6.45, 7) is 18.4. The van der Waals surface area contributed by atoms with E-state index in [1.165, 1.54) is 156 Å². The Morgan fingerprint density at radius 3 is 0.971 bits per heavy atom. The summed E-state index contributed by atoms with van der Waals surface area (Å²) in [6.07, 6.45) is 0. The summed E-state index contributed by atoms with van der Waals surface area (Å²) in [4.78, 5) is 0. The van der Waals surface area contributed by atoms with E-state index in [4.69, 9.17) is 0 Å². The van der Waals surface area contributed by atoms with Gasteiger partial charge >= 0.3 is 0 Å². The van der Waals surface area contributed by atoms with Gasteiger partial charge in [-0.2, -0.15) is 0 Å². The third-order valence-corrected chi connectivity index (χ3v) is 24.3. The monoisotopic (exact) mass is 1030 g/mol. The largest absolute Gasteiger partial charge is 0.118 e. The lowest BCUT2D eigenvalue weighted by Gasteiger charge is -2.25. The van der Waals surface area contributed by atoms with Gasteiger partial charge < -0.3 is 0 Å². The van der Waals surface area contributed by atoms with Crippen molar-refractivity contribution in [2.45, 2.75) is 55.4 Å². The summed E-state index contributed by atoms with van der Waals surface area (Å²) in [7, 11) is 0. The minimum absolute atomic E-state index is 1.06. The molecule has 8 heteroatoms. The first-order chi connectivity index (χ1) is 33.2. The van der Waals surface area contributed by atoms with Crippen molar-refractivity contribution >= 4 is 178 Å². The summed E-state index contributed by atoms with van der Waals surface area (Å²) >= 11 is 16.1. The van der Waals surface area contributed by atoms with Crippen LogP contribution in [0.25, 0.3) is 106 Å². The van der Waals surface area contributed by atoms with Crippen LogP contribution in [-0.4, -0.2) is 23.0 Å². The van der Waals surface area contributed by atoms with Crippen LogP contribution >= 0.6 is 94.1 Å². The molecule has 0 saturated heterocycles. The molecule has 0 aromatic heterocycles. The zero-order valence-corrected chi connectivity index (χ0v) is 46.0. The van der Waals surface area contributed by atoms with Crippen LogP contribution in [0, 0.1) is 27.7 Å². The molecule has 0 N–H and O–H groups in total. The lowest BCUT2D eigenvalue weighted by molar-refractivity contribution is 1.39. The number of fused-ring (bicyclic) bond motifs is 4. The Bertz CT molecular complexity index is 3610. The highest BCUT2D eigenvalue weighted by molar-refractivity contribution is 8.46. The van der Waals surface area contributed by atoms with E-state index in [2.05, 4.69) is 165 Å². The van der Waals surface area contributed by atoms with E-state index in [-0.39, 0.29) is 0 Å². The Balaban J connectivity index is 1.39. The SMILES string of the molecule is CCSC1=C(SCC)SC(=c2c3ccccc3c3cc(-c4c(C)cccc4C)c4cc5c(=C6SC(SCC)=C(SCC)S6)c6ccccc6c6cc(-c7c(C)cccc7C)c7cc2c3c4c7c56)S1. The molecule has 0 saturated carbocycles. The second-order valence-corrected chi connectivity index (χ2v) is 28.4. The predicted octanol–water partition coefficient (Wildman–Crippen LogP) is 19.6. The second-order valence-electron chi connectivity index (χ2n) is 17.6. The highest BCUT2D eigenvalue weighted by atomic mass is 32.3. The molecule has 0 nitrogen and oxygen atoms in total. The Labute approximate surface area is 433 Å². The van der Waals surface area contributed by atoms with Crippen LogP contribution in [0.2, 0.25) is 0 Å². The van der Waals surface area contributed by atoms with Gasteiger partial charge in [0.05, 0.1) is 25.4 Å². The van der Waals surface area contributed by atoms with Crippen LogP contribution in [0.1, 0.15) is 49.9 Å². The molecule has 0 radical (unpaired) electrons. The van der Waals surface area contributed by atoms with Crippen molar-refractivity contribution in [3.63, 3.8) is 0 Å². The lowest BCUT2D eigenvalue weighted by atomic mass is 9.78. The van der Waals surface area contributed by atoms with Crippen molar-refractivity contribution in [3.05, 3.63) is 159 Å². The number of benzene rings is 10. The standard InChI is InChI=1S/C60H50S8/c1-9-61-57-58(62-10-2)66-55(65-57)51-37-25-15-13-23-35(37)39-27-42(48-33(7)21-18-22-34(48)8)44-30-46-50-40(36-24-14-16-26-38(36)52(46)56-67-59(63-11-3)60(68-56)64-12-4)28-41(47-31(5)19-17-20-32(47)6)43-29-45(51)49(39)53(44)54(43)50/h13-30H,9-12H2,1-8H3. The van der Waals surface area contributed by atoms with Gasteiger partial charge in [-0.25, -0.2) is 0 Å². The van der Waals surface area contributed by atoms with Gasteiger partial charge in [0.2, 0.25) is 0 Å². The molecule has 0 amide bonds. The van der Waals surface area contributed by atoms with Gasteiger partial charge in [0.25, 0.3) is 0 Å². The van der Waals surface area contributed by atoms with E-state index < -0.39 is 0 Å². The van der Waals surface area contributed by atoms with E-state index in [9.17, 15) is 0 Å². The summed E-state index contributed by atoms with van der Waals surface area (Å²) in [5, 5.41) is 21.8. The molecule has 2 heterocycles. The minimum Gasteiger partial charge on any atom is -0.118 e. The third-order valence-electron chi connectivity index (χ3n) is 13.7. The lowest BCUT2D eigenvalue weighted by Crippen LogP contribution is -2.11. The quantitative estimate of drug-likeness (QED) is 0.0969. The average Bonchev–Trinajstić information content (AvgIpc) is 3.92. The molecular formula is C60H50S8. The third kappa shape index (κ3) is 7.11. The zero-order chi connectivity index (χ0) is 46.5. The van der Waals surface area contributed by atoms with Crippen molar-refractivity contribution in [2.75, 3.05) is 23.0 Å². The molecule has 0 spiro atoms. The summed E-state index contributed by atoms with van der Waals surface area (Å²) in [6, 6.07) is 42.9. The summed E-state index contributed by atoms with van der Waals surface area (Å²) in [5.41, 5.74) is 10.6. The Hall–Kier alpha value is -3.44. The Morgan fingerprint density at radius 2 is 0.647 bits per heavy atom. The van der Waals surface area contributed by atoms with E-state index in [1.807, 2.05) is 94.1 Å². The molecule has 0 bridgehead atoms. The number of thioether (sulfide) groups is 8. The average molecular weight is 1030 g/mol. The summed E-state index contributed by atoms with van der Waals surface area (Å²) < 4.78 is 8.62. The van der Waals surface area contributed by atoms with Crippen LogP contribution < -0.4 is 10.4 Å². The van der Waals surface area contributed by atoms with Crippen LogP contribution in [0.4, 0.5) is 0 Å². The van der Waals surface area contributed by atoms with Crippen molar-refractivity contribution in [3.8, 4) is 22.3 Å². The fourth-order valence-electron chi connectivity index (χ4n) is 11.1. The first kappa shape index (κ1) is 45.7. The maximum absolute atomic E-state index is 2.66. The topological polar surface area (TPSA) is 0 Å². The molecule has 12 rings (SSSR count). The van der Waals surface area contributed by atoms with Crippen molar-refractivity contribution in [2.24, 2.45) is 0 Å². The van der Waals surface area contributed by atoms with Gasteiger partial charge in [-0.1, -0.05) is 160 Å². The Kier molecular flexibility index (Phi) is 12.3. The molecule has 2 aliphatic heterocycles. The van der Waals surface area contributed by atoms with Crippen LogP contribution in [0.5, 0.6) is 0 Å². The fourth-order valence-corrected chi connectivity index (χ4v) is 22.7. The second kappa shape index (κ2) is 18.3. The Morgan fingerprint density at radius 1 is 0.324 bits per heavy atom. The van der Waals surface area contributed by atoms with E-state index >= 15 is 0 Å². The van der Waals surface area contributed by atoms with E-state index in [0.29, 0.717) is 0 Å². The van der Waals surface area contributed by atoms with Crippen molar-refractivity contribution < 1.29 is 0 Å². The molecule has 0 unspecified atom stereocenters. The fraction of sp³-hybridized carbons (Fsp3) is 0.200. The van der Waals surface area contributed by atoms with E-state index in [0.717, 1.165) is 23.0 Å². The van der Waals surface area contributed by atoms with Gasteiger partial charge in [0.1, 0.15) is 0 Å². The first-order valence-electron chi connectivity index (χ1n) is 23.6. The maximum atomic E-state index is 2.66. The minimum atomic E-state index is 1.06. The van der Waals surface area contributed by atoms with Gasteiger partial charge in [-0.05, 0) is 195 Å². The van der Waals surface area contributed by atoms with Gasteiger partial charge in [0, 0.05) is 10.4 Å². The maximum Gasteiger partial charge on any atom is 0.0660 e.